The fourth-order valence-electron chi connectivity index (χ4n) is 4.37. The molecule has 0 fully saturated rings. The number of hydrogen-bond donors (Lipinski definition) is 1. The van der Waals surface area contributed by atoms with Crippen LogP contribution in [0.25, 0.3) is 12.2 Å². The van der Waals surface area contributed by atoms with Crippen molar-refractivity contribution < 1.29 is 43.7 Å². The first kappa shape index (κ1) is 29.0. The highest BCUT2D eigenvalue weighted by atomic mass is 32.2. The molecule has 2 aliphatic rings. The Kier molecular flexibility index (Phi) is 7.82. The Morgan fingerprint density at radius 3 is 1.44 bits per heavy atom. The molecule has 0 radical (unpaired) electrons. The fraction of sp³-hybridized carbons (Fsp3) is 0.185. The van der Waals surface area contributed by atoms with Gasteiger partial charge in [0, 0.05) is 11.3 Å². The van der Waals surface area contributed by atoms with Crippen LogP contribution in [0.15, 0.2) is 91.0 Å². The van der Waals surface area contributed by atoms with E-state index in [0.717, 1.165) is 0 Å². The minimum atomic E-state index is -6.85. The molecule has 3 aromatic carbocycles. The summed E-state index contributed by atoms with van der Waals surface area (Å²) in [5, 5.41) is -5.13. The molecular weight excluding hydrogens is 568 g/mol. The Bertz CT molecular complexity index is 1440. The molecule has 2 aliphatic carbocycles. The van der Waals surface area contributed by atoms with Gasteiger partial charge < -0.3 is 0 Å². The molecule has 0 amide bonds. The van der Waals surface area contributed by atoms with Gasteiger partial charge in [-0.15, -0.1) is 0 Å². The van der Waals surface area contributed by atoms with Crippen LogP contribution in [0, 0.1) is 0 Å². The second-order valence-electron chi connectivity index (χ2n) is 8.67. The van der Waals surface area contributed by atoms with Crippen LogP contribution < -0.4 is 5.30 Å². The lowest BCUT2D eigenvalue weighted by atomic mass is 10.1. The number of allylic oxidation sites excluding steroid dienone is 2. The summed E-state index contributed by atoms with van der Waals surface area (Å²) in [4.78, 5) is 0. The van der Waals surface area contributed by atoms with Crippen LogP contribution in [0.2, 0.25) is 0 Å². The van der Waals surface area contributed by atoms with Gasteiger partial charge in [0.1, 0.15) is 0 Å². The number of alkyl halides is 7. The largest absolute Gasteiger partial charge is 0.461 e. The highest BCUT2D eigenvalue weighted by Gasteiger charge is 2.78. The maximum absolute atomic E-state index is 11.9. The van der Waals surface area contributed by atoms with Gasteiger partial charge >= 0.3 is 27.5 Å². The van der Waals surface area contributed by atoms with Crippen molar-refractivity contribution in [3.05, 3.63) is 113 Å². The average molecular weight is 588 g/mol. The fourth-order valence-corrected chi connectivity index (χ4v) is 7.92. The topological polar surface area (TPSA) is 54.4 Å². The molecule has 0 aromatic heterocycles. The van der Waals surface area contributed by atoms with E-state index in [-0.39, 0.29) is 0 Å². The molecule has 0 spiro atoms. The van der Waals surface area contributed by atoms with Crippen molar-refractivity contribution in [2.24, 2.45) is 0 Å². The smallest absolute Gasteiger partial charge is 0.281 e. The number of rotatable bonds is 5. The van der Waals surface area contributed by atoms with Crippen LogP contribution in [0.3, 0.4) is 0 Å². The highest BCUT2D eigenvalue weighted by Crippen LogP contribution is 2.65. The lowest BCUT2D eigenvalue weighted by molar-refractivity contribution is -0.333. The van der Waals surface area contributed by atoms with Crippen LogP contribution in [0.4, 0.5) is 30.7 Å². The zero-order chi connectivity index (χ0) is 28.6. The van der Waals surface area contributed by atoms with Gasteiger partial charge in [-0.25, -0.2) is 0 Å². The molecule has 39 heavy (non-hydrogen) atoms. The van der Waals surface area contributed by atoms with E-state index < -0.39 is 35.4 Å². The van der Waals surface area contributed by atoms with Gasteiger partial charge in [-0.05, 0) is 27.6 Å². The molecular formula is C27H20F7O3PS. The van der Waals surface area contributed by atoms with Crippen LogP contribution in [0.5, 0.6) is 0 Å². The summed E-state index contributed by atoms with van der Waals surface area (Å²) in [5.74, 6) is -6.85. The number of fused-ring (bicyclic) bond motifs is 2. The van der Waals surface area contributed by atoms with Crippen molar-refractivity contribution in [3.63, 3.8) is 0 Å². The maximum atomic E-state index is 11.9. The predicted molar refractivity (Wildman–Crippen MR) is 137 cm³/mol. The van der Waals surface area contributed by atoms with Crippen molar-refractivity contribution in [3.8, 4) is 0 Å². The first-order valence-electron chi connectivity index (χ1n) is 11.3. The van der Waals surface area contributed by atoms with E-state index in [1.807, 2.05) is 0 Å². The van der Waals surface area contributed by atoms with E-state index in [2.05, 4.69) is 103 Å². The van der Waals surface area contributed by atoms with Gasteiger partial charge in [0.2, 0.25) is 0 Å². The van der Waals surface area contributed by atoms with Crippen molar-refractivity contribution in [1.29, 1.82) is 0 Å². The first-order chi connectivity index (χ1) is 18.2. The van der Waals surface area contributed by atoms with Crippen molar-refractivity contribution in [2.75, 3.05) is 0 Å². The highest BCUT2D eigenvalue weighted by molar-refractivity contribution is 7.87. The summed E-state index contributed by atoms with van der Waals surface area (Å²) >= 11 is 0. The lowest BCUT2D eigenvalue weighted by Gasteiger charge is -2.30. The second kappa shape index (κ2) is 10.5. The van der Waals surface area contributed by atoms with Crippen molar-refractivity contribution >= 4 is 35.5 Å². The summed E-state index contributed by atoms with van der Waals surface area (Å²) in [6.07, 6.45) is 2.69. The van der Waals surface area contributed by atoms with Gasteiger partial charge in [-0.3, -0.25) is 4.55 Å². The minimum Gasteiger partial charge on any atom is -0.281 e. The van der Waals surface area contributed by atoms with Gasteiger partial charge in [-0.2, -0.15) is 39.2 Å². The Balaban J connectivity index is 0.000000218. The van der Waals surface area contributed by atoms with E-state index in [0.29, 0.717) is 11.3 Å². The van der Waals surface area contributed by atoms with Crippen LogP contribution >= 0.6 is 7.92 Å². The van der Waals surface area contributed by atoms with E-state index >= 15 is 0 Å². The van der Waals surface area contributed by atoms with E-state index in [4.69, 9.17) is 4.55 Å². The normalized spacial score (nSPS) is 19.2. The number of hydrogen-bond acceptors (Lipinski definition) is 2. The van der Waals surface area contributed by atoms with Crippen molar-refractivity contribution in [1.82, 2.24) is 0 Å². The van der Waals surface area contributed by atoms with E-state index in [1.54, 1.807) is 0 Å². The summed E-state index contributed by atoms with van der Waals surface area (Å²) in [5.41, 5.74) is 6.69. The molecule has 3 aromatic rings. The van der Waals surface area contributed by atoms with Crippen LogP contribution in [0.1, 0.15) is 33.6 Å². The molecule has 0 aliphatic heterocycles. The Labute approximate surface area is 221 Å². The number of benzene rings is 3. The third-order valence-electron chi connectivity index (χ3n) is 6.24. The molecule has 12 heteroatoms. The van der Waals surface area contributed by atoms with Gasteiger partial charge in [0.05, 0.1) is 0 Å². The van der Waals surface area contributed by atoms with Gasteiger partial charge in [0.25, 0.3) is 0 Å². The monoisotopic (exact) mass is 588 g/mol. The van der Waals surface area contributed by atoms with Gasteiger partial charge in [0.15, 0.2) is 0 Å². The van der Waals surface area contributed by atoms with E-state index in [1.165, 1.54) is 27.6 Å². The van der Waals surface area contributed by atoms with Crippen LogP contribution in [-0.4, -0.2) is 30.3 Å². The van der Waals surface area contributed by atoms with Crippen LogP contribution in [-0.2, 0) is 10.1 Å². The van der Waals surface area contributed by atoms with Crippen molar-refractivity contribution in [2.45, 2.75) is 28.7 Å². The molecule has 0 saturated carbocycles. The molecule has 0 bridgehead atoms. The Morgan fingerprint density at radius 2 is 1.05 bits per heavy atom. The molecule has 3 nitrogen and oxygen atoms in total. The Hall–Kier alpha value is -3.01. The summed E-state index contributed by atoms with van der Waals surface area (Å²) < 4.78 is 108. The quantitative estimate of drug-likeness (QED) is 0.187. The summed E-state index contributed by atoms with van der Waals surface area (Å²) in [7, 11) is -7.25. The Morgan fingerprint density at radius 1 is 0.641 bits per heavy atom. The van der Waals surface area contributed by atoms with Gasteiger partial charge in [-0.1, -0.05) is 111 Å². The summed E-state index contributed by atoms with van der Waals surface area (Å²) in [6, 6.07) is 28.8. The zero-order valence-corrected chi connectivity index (χ0v) is 21.4. The first-order valence-corrected chi connectivity index (χ1v) is 14.3. The van der Waals surface area contributed by atoms with E-state index in [9.17, 15) is 39.2 Å². The lowest BCUT2D eigenvalue weighted by Crippen LogP contribution is -2.55. The molecule has 0 heterocycles. The number of halogens is 7. The third kappa shape index (κ3) is 5.40. The molecule has 1 N–H and O–H groups in total. The average Bonchev–Trinajstić information content (AvgIpc) is 3.49. The molecule has 2 atom stereocenters. The molecule has 5 rings (SSSR count). The zero-order valence-electron chi connectivity index (χ0n) is 19.7. The third-order valence-corrected chi connectivity index (χ3v) is 10.1. The standard InChI is InChI=1S/C24H19P.C3HF7O3S/c1-2-10-20(11-3-1)25(23-16-14-18-8-4-6-12-21(18)23)24-17-15-19-9-5-7-13-22(19)24;4-1(5,2(6,7)8)3(9,10)14(11,12)13/h1-17,23-24H;(H,11,12,13). The molecule has 206 valence electrons. The minimum absolute atomic E-state index is 0.405. The SMILES string of the molecule is C1=CC(P(c2ccccc2)C2C=Cc3ccccc32)c2ccccc21.O=S(=O)(O)C(F)(F)C(F)(F)C(F)(F)F. The predicted octanol–water partition coefficient (Wildman–Crippen LogP) is 7.99. The molecule has 0 saturated heterocycles. The maximum Gasteiger partial charge on any atom is 0.461 e. The second-order valence-corrected chi connectivity index (χ2v) is 12.6. The summed E-state index contributed by atoms with van der Waals surface area (Å²) in [6.45, 7) is 0. The molecule has 2 unspecified atom stereocenters.